The van der Waals surface area contributed by atoms with E-state index in [4.69, 9.17) is 9.47 Å². The predicted octanol–water partition coefficient (Wildman–Crippen LogP) is 2.85. The van der Waals surface area contributed by atoms with Gasteiger partial charge in [0.25, 0.3) is 5.91 Å². The number of carbonyl (C=O) groups is 1. The lowest BCUT2D eigenvalue weighted by Crippen LogP contribution is -2.15. The maximum atomic E-state index is 12.6. The standard InChI is InChI=1S/C18H18N4O3/c1-12-17(20-21-22(12)13-7-5-4-6-8-13)18(23)19-15-11-14(24-2)9-10-16(15)25-3/h4-11H,1-3H3,(H,19,23). The van der Waals surface area contributed by atoms with Crippen LogP contribution in [0.3, 0.4) is 0 Å². The molecule has 0 atom stereocenters. The molecule has 1 aromatic heterocycles. The lowest BCUT2D eigenvalue weighted by molar-refractivity contribution is 0.102. The highest BCUT2D eigenvalue weighted by molar-refractivity contribution is 6.04. The van der Waals surface area contributed by atoms with E-state index in [2.05, 4.69) is 15.6 Å². The van der Waals surface area contributed by atoms with Crippen LogP contribution in [0, 0.1) is 6.92 Å². The second-order valence-electron chi connectivity index (χ2n) is 5.29. The number of amides is 1. The van der Waals surface area contributed by atoms with Crippen molar-refractivity contribution >= 4 is 11.6 Å². The summed E-state index contributed by atoms with van der Waals surface area (Å²) in [5.74, 6) is 0.772. The van der Waals surface area contributed by atoms with E-state index in [-0.39, 0.29) is 11.6 Å². The molecule has 1 N–H and O–H groups in total. The van der Waals surface area contributed by atoms with Crippen LogP contribution in [0.15, 0.2) is 48.5 Å². The number of hydrogen-bond donors (Lipinski definition) is 1. The zero-order valence-corrected chi connectivity index (χ0v) is 14.2. The van der Waals surface area contributed by atoms with Gasteiger partial charge in [-0.25, -0.2) is 4.68 Å². The van der Waals surface area contributed by atoms with Crippen LogP contribution in [0.1, 0.15) is 16.2 Å². The number of hydrogen-bond acceptors (Lipinski definition) is 5. The van der Waals surface area contributed by atoms with Gasteiger partial charge in [0.15, 0.2) is 5.69 Å². The zero-order valence-electron chi connectivity index (χ0n) is 14.2. The van der Waals surface area contributed by atoms with Gasteiger partial charge < -0.3 is 14.8 Å². The highest BCUT2D eigenvalue weighted by Gasteiger charge is 2.19. The number of anilines is 1. The van der Waals surface area contributed by atoms with E-state index < -0.39 is 0 Å². The summed E-state index contributed by atoms with van der Waals surface area (Å²) in [5.41, 5.74) is 2.23. The Morgan fingerprint density at radius 2 is 1.84 bits per heavy atom. The third kappa shape index (κ3) is 3.30. The van der Waals surface area contributed by atoms with Gasteiger partial charge in [-0.15, -0.1) is 5.10 Å². The number of rotatable bonds is 5. The minimum Gasteiger partial charge on any atom is -0.497 e. The van der Waals surface area contributed by atoms with Gasteiger partial charge in [-0.3, -0.25) is 4.79 Å². The van der Waals surface area contributed by atoms with Gasteiger partial charge in [0.2, 0.25) is 0 Å². The Hall–Kier alpha value is -3.35. The van der Waals surface area contributed by atoms with Gasteiger partial charge in [0, 0.05) is 6.07 Å². The van der Waals surface area contributed by atoms with Crippen LogP contribution in [-0.2, 0) is 0 Å². The SMILES string of the molecule is COc1ccc(OC)c(NC(=O)c2nnn(-c3ccccc3)c2C)c1. The van der Waals surface area contributed by atoms with Crippen LogP contribution >= 0.6 is 0 Å². The molecule has 3 rings (SSSR count). The second kappa shape index (κ2) is 7.04. The quantitative estimate of drug-likeness (QED) is 0.774. The molecule has 1 amide bonds. The first kappa shape index (κ1) is 16.5. The molecule has 0 unspecified atom stereocenters. The van der Waals surface area contributed by atoms with Gasteiger partial charge in [0.05, 0.1) is 31.3 Å². The summed E-state index contributed by atoms with van der Waals surface area (Å²) in [4.78, 5) is 12.6. The van der Waals surface area contributed by atoms with Crippen molar-refractivity contribution in [1.29, 1.82) is 0 Å². The van der Waals surface area contributed by atoms with E-state index in [1.807, 2.05) is 30.3 Å². The summed E-state index contributed by atoms with van der Waals surface area (Å²) >= 11 is 0. The fourth-order valence-corrected chi connectivity index (χ4v) is 2.45. The zero-order chi connectivity index (χ0) is 17.8. The first-order chi connectivity index (χ1) is 12.1. The summed E-state index contributed by atoms with van der Waals surface area (Å²) in [6.07, 6.45) is 0. The van der Waals surface area contributed by atoms with Crippen molar-refractivity contribution in [3.63, 3.8) is 0 Å². The monoisotopic (exact) mass is 338 g/mol. The molecule has 128 valence electrons. The van der Waals surface area contributed by atoms with Crippen LogP contribution in [0.5, 0.6) is 11.5 Å². The average Bonchev–Trinajstić information content (AvgIpc) is 3.04. The Balaban J connectivity index is 1.89. The smallest absolute Gasteiger partial charge is 0.278 e. The normalized spacial score (nSPS) is 10.4. The molecule has 0 aliphatic carbocycles. The lowest BCUT2D eigenvalue weighted by atomic mass is 10.2. The van der Waals surface area contributed by atoms with E-state index in [0.29, 0.717) is 22.9 Å². The van der Waals surface area contributed by atoms with E-state index in [1.165, 1.54) is 7.11 Å². The van der Waals surface area contributed by atoms with Crippen molar-refractivity contribution in [2.45, 2.75) is 6.92 Å². The van der Waals surface area contributed by atoms with Crippen LogP contribution < -0.4 is 14.8 Å². The lowest BCUT2D eigenvalue weighted by Gasteiger charge is -2.11. The van der Waals surface area contributed by atoms with Crippen molar-refractivity contribution in [2.75, 3.05) is 19.5 Å². The molecular weight excluding hydrogens is 320 g/mol. The third-order valence-corrected chi connectivity index (χ3v) is 3.77. The number of nitrogens with zero attached hydrogens (tertiary/aromatic N) is 3. The molecule has 7 heteroatoms. The molecule has 0 fully saturated rings. The molecule has 0 saturated carbocycles. The maximum absolute atomic E-state index is 12.6. The number of para-hydroxylation sites is 1. The van der Waals surface area contributed by atoms with Crippen molar-refractivity contribution in [1.82, 2.24) is 15.0 Å². The Bertz CT molecular complexity index is 891. The van der Waals surface area contributed by atoms with E-state index in [0.717, 1.165) is 5.69 Å². The average molecular weight is 338 g/mol. The van der Waals surface area contributed by atoms with Crippen molar-refractivity contribution in [3.8, 4) is 17.2 Å². The number of nitrogens with one attached hydrogen (secondary N) is 1. The summed E-state index contributed by atoms with van der Waals surface area (Å²) < 4.78 is 12.1. The van der Waals surface area contributed by atoms with E-state index in [9.17, 15) is 4.79 Å². The van der Waals surface area contributed by atoms with Gasteiger partial charge >= 0.3 is 0 Å². The van der Waals surface area contributed by atoms with E-state index in [1.54, 1.807) is 36.9 Å². The van der Waals surface area contributed by atoms with Crippen LogP contribution in [0.2, 0.25) is 0 Å². The van der Waals surface area contributed by atoms with Gasteiger partial charge in [-0.2, -0.15) is 0 Å². The minimum atomic E-state index is -0.369. The number of ether oxygens (including phenoxy) is 2. The van der Waals surface area contributed by atoms with Crippen molar-refractivity contribution in [3.05, 3.63) is 59.9 Å². The maximum Gasteiger partial charge on any atom is 0.278 e. The van der Waals surface area contributed by atoms with E-state index >= 15 is 0 Å². The number of benzene rings is 2. The van der Waals surface area contributed by atoms with Gasteiger partial charge in [-0.05, 0) is 31.2 Å². The molecule has 25 heavy (non-hydrogen) atoms. The van der Waals surface area contributed by atoms with Crippen LogP contribution in [0.4, 0.5) is 5.69 Å². The highest BCUT2D eigenvalue weighted by atomic mass is 16.5. The first-order valence-electron chi connectivity index (χ1n) is 7.65. The van der Waals surface area contributed by atoms with Gasteiger partial charge in [-0.1, -0.05) is 23.4 Å². The number of aromatic nitrogens is 3. The fourth-order valence-electron chi connectivity index (χ4n) is 2.45. The Labute approximate surface area is 145 Å². The summed E-state index contributed by atoms with van der Waals surface area (Å²) in [6.45, 7) is 1.80. The van der Waals surface area contributed by atoms with Crippen molar-refractivity contribution < 1.29 is 14.3 Å². The summed E-state index contributed by atoms with van der Waals surface area (Å²) in [7, 11) is 3.09. The Morgan fingerprint density at radius 3 is 2.52 bits per heavy atom. The third-order valence-electron chi connectivity index (χ3n) is 3.77. The molecule has 3 aromatic rings. The molecule has 0 radical (unpaired) electrons. The number of methoxy groups -OCH3 is 2. The molecule has 0 aliphatic rings. The van der Waals surface area contributed by atoms with Crippen LogP contribution in [0.25, 0.3) is 5.69 Å². The predicted molar refractivity (Wildman–Crippen MR) is 93.6 cm³/mol. The molecule has 0 bridgehead atoms. The Kier molecular flexibility index (Phi) is 4.65. The molecule has 0 spiro atoms. The fraction of sp³-hybridized carbons (Fsp3) is 0.167. The largest absolute Gasteiger partial charge is 0.497 e. The first-order valence-corrected chi connectivity index (χ1v) is 7.65. The molecular formula is C18H18N4O3. The topological polar surface area (TPSA) is 78.3 Å². The molecule has 1 heterocycles. The summed E-state index contributed by atoms with van der Waals surface area (Å²) in [5, 5.41) is 10.9. The number of carbonyl (C=O) groups excluding carboxylic acids is 1. The molecule has 0 saturated heterocycles. The second-order valence-corrected chi connectivity index (χ2v) is 5.29. The van der Waals surface area contributed by atoms with Crippen molar-refractivity contribution in [2.24, 2.45) is 0 Å². The molecule has 0 aliphatic heterocycles. The molecule has 7 nitrogen and oxygen atoms in total. The Morgan fingerprint density at radius 1 is 1.08 bits per heavy atom. The van der Waals surface area contributed by atoms with Gasteiger partial charge in [0.1, 0.15) is 11.5 Å². The minimum absolute atomic E-state index is 0.244. The summed E-state index contributed by atoms with van der Waals surface area (Å²) in [6, 6.07) is 14.7. The van der Waals surface area contributed by atoms with Crippen LogP contribution in [-0.4, -0.2) is 35.1 Å². The molecule has 2 aromatic carbocycles. The highest BCUT2D eigenvalue weighted by Crippen LogP contribution is 2.29.